The first-order chi connectivity index (χ1) is 6.55. The zero-order valence-electron chi connectivity index (χ0n) is 7.42. The lowest BCUT2D eigenvalue weighted by Crippen LogP contribution is -2.05. The van der Waals surface area contributed by atoms with E-state index in [1.807, 2.05) is 0 Å². The third-order valence-corrected chi connectivity index (χ3v) is 2.43. The molecule has 1 rings (SSSR count). The monoisotopic (exact) mass is 212 g/mol. The molecular weight excluding hydrogens is 202 g/mol. The number of benzene rings is 1. The summed E-state index contributed by atoms with van der Waals surface area (Å²) in [7, 11) is -4.19. The standard InChI is InChI=1S/C9H10NO3S/c1-2-7-10-8-5-3-4-6-9(8)14(11,12)13/h2-6H,1,7H2,(H,11,12,13). The highest BCUT2D eigenvalue weighted by Crippen LogP contribution is 2.19. The molecule has 5 heteroatoms. The van der Waals surface area contributed by atoms with Crippen LogP contribution in [0.15, 0.2) is 41.8 Å². The van der Waals surface area contributed by atoms with Crippen molar-refractivity contribution in [1.29, 1.82) is 0 Å². The van der Waals surface area contributed by atoms with Gasteiger partial charge in [0.2, 0.25) is 0 Å². The first-order valence-electron chi connectivity index (χ1n) is 3.90. The van der Waals surface area contributed by atoms with Crippen molar-refractivity contribution in [2.45, 2.75) is 4.90 Å². The lowest BCUT2D eigenvalue weighted by Gasteiger charge is -2.04. The molecule has 1 aromatic rings. The maximum atomic E-state index is 10.9. The molecule has 0 fully saturated rings. The van der Waals surface area contributed by atoms with Crippen LogP contribution in [0, 0.1) is 0 Å². The molecule has 0 aliphatic rings. The van der Waals surface area contributed by atoms with Gasteiger partial charge >= 0.3 is 0 Å². The molecule has 0 spiro atoms. The molecule has 0 atom stereocenters. The van der Waals surface area contributed by atoms with Crippen molar-refractivity contribution in [2.75, 3.05) is 6.54 Å². The van der Waals surface area contributed by atoms with E-state index < -0.39 is 10.1 Å². The Labute approximate surface area is 83.0 Å². The van der Waals surface area contributed by atoms with Crippen LogP contribution < -0.4 is 5.32 Å². The fourth-order valence-electron chi connectivity index (χ4n) is 0.969. The fourth-order valence-corrected chi connectivity index (χ4v) is 1.62. The largest absolute Gasteiger partial charge is 0.296 e. The van der Waals surface area contributed by atoms with Gasteiger partial charge in [-0.3, -0.25) is 9.87 Å². The molecule has 0 aliphatic heterocycles. The number of para-hydroxylation sites is 1. The second-order valence-corrected chi connectivity index (χ2v) is 3.96. The molecule has 0 unspecified atom stereocenters. The third-order valence-electron chi connectivity index (χ3n) is 1.53. The summed E-state index contributed by atoms with van der Waals surface area (Å²) < 4.78 is 30.6. The first kappa shape index (κ1) is 10.7. The predicted molar refractivity (Wildman–Crippen MR) is 53.1 cm³/mol. The molecule has 75 valence electrons. The van der Waals surface area contributed by atoms with E-state index in [0.29, 0.717) is 6.54 Å². The second-order valence-electron chi connectivity index (χ2n) is 2.57. The molecule has 1 aromatic carbocycles. The van der Waals surface area contributed by atoms with E-state index in [9.17, 15) is 8.42 Å². The summed E-state index contributed by atoms with van der Waals surface area (Å²) in [5.74, 6) is 0. The smallest absolute Gasteiger partial charge is 0.282 e. The predicted octanol–water partition coefficient (Wildman–Crippen LogP) is 1.36. The van der Waals surface area contributed by atoms with Crippen LogP contribution in [-0.2, 0) is 10.1 Å². The van der Waals surface area contributed by atoms with Crippen LogP contribution in [0.3, 0.4) is 0 Å². The summed E-state index contributed by atoms with van der Waals surface area (Å²) in [5, 5.41) is 3.93. The molecule has 0 aliphatic carbocycles. The summed E-state index contributed by atoms with van der Waals surface area (Å²) in [6.07, 6.45) is 1.54. The molecule has 0 heterocycles. The van der Waals surface area contributed by atoms with Crippen molar-refractivity contribution in [2.24, 2.45) is 0 Å². The Kier molecular flexibility index (Phi) is 3.27. The lowest BCUT2D eigenvalue weighted by atomic mass is 10.3. The Morgan fingerprint density at radius 1 is 1.43 bits per heavy atom. The van der Waals surface area contributed by atoms with E-state index in [0.717, 1.165) is 0 Å². The highest BCUT2D eigenvalue weighted by atomic mass is 32.2. The average molecular weight is 212 g/mol. The summed E-state index contributed by atoms with van der Waals surface area (Å²) in [4.78, 5) is -0.179. The minimum Gasteiger partial charge on any atom is -0.282 e. The van der Waals surface area contributed by atoms with Gasteiger partial charge in [-0.05, 0) is 12.1 Å². The maximum Gasteiger partial charge on any atom is 0.296 e. The Morgan fingerprint density at radius 3 is 2.64 bits per heavy atom. The molecule has 1 N–H and O–H groups in total. The van der Waals surface area contributed by atoms with E-state index in [2.05, 4.69) is 11.9 Å². The van der Waals surface area contributed by atoms with E-state index >= 15 is 0 Å². The number of rotatable bonds is 4. The van der Waals surface area contributed by atoms with Gasteiger partial charge < -0.3 is 0 Å². The van der Waals surface area contributed by atoms with E-state index in [4.69, 9.17) is 4.55 Å². The van der Waals surface area contributed by atoms with Crippen LogP contribution in [0.25, 0.3) is 0 Å². The first-order valence-corrected chi connectivity index (χ1v) is 5.34. The van der Waals surface area contributed by atoms with Crippen molar-refractivity contribution in [3.05, 3.63) is 36.9 Å². The van der Waals surface area contributed by atoms with E-state index in [1.54, 1.807) is 12.1 Å². The van der Waals surface area contributed by atoms with Gasteiger partial charge in [-0.25, -0.2) is 0 Å². The van der Waals surface area contributed by atoms with Crippen molar-refractivity contribution < 1.29 is 13.0 Å². The van der Waals surface area contributed by atoms with Crippen LogP contribution in [0.5, 0.6) is 0 Å². The average Bonchev–Trinajstić information content (AvgIpc) is 2.14. The number of hydrogen-bond acceptors (Lipinski definition) is 2. The van der Waals surface area contributed by atoms with Gasteiger partial charge in [0, 0.05) is 0 Å². The molecule has 1 radical (unpaired) electrons. The van der Waals surface area contributed by atoms with Crippen molar-refractivity contribution in [3.63, 3.8) is 0 Å². The Bertz CT molecular complexity index is 425. The van der Waals surface area contributed by atoms with Gasteiger partial charge in [0.25, 0.3) is 10.1 Å². The molecule has 0 saturated carbocycles. The summed E-state index contributed by atoms with van der Waals surface area (Å²) >= 11 is 0. The number of hydrogen-bond donors (Lipinski definition) is 1. The minimum atomic E-state index is -4.19. The highest BCUT2D eigenvalue weighted by Gasteiger charge is 2.14. The van der Waals surface area contributed by atoms with Crippen molar-refractivity contribution >= 4 is 15.8 Å². The van der Waals surface area contributed by atoms with Crippen LogP contribution in [0.1, 0.15) is 0 Å². The Hall–Kier alpha value is -1.33. The van der Waals surface area contributed by atoms with Crippen LogP contribution in [0.4, 0.5) is 5.69 Å². The third kappa shape index (κ3) is 2.58. The second kappa shape index (κ2) is 4.26. The Balaban J connectivity index is 3.10. The normalized spacial score (nSPS) is 10.9. The van der Waals surface area contributed by atoms with Crippen molar-refractivity contribution in [3.8, 4) is 0 Å². The van der Waals surface area contributed by atoms with Gasteiger partial charge in [-0.1, -0.05) is 18.2 Å². The van der Waals surface area contributed by atoms with Crippen molar-refractivity contribution in [1.82, 2.24) is 5.32 Å². The van der Waals surface area contributed by atoms with Gasteiger partial charge in [0.15, 0.2) is 0 Å². The van der Waals surface area contributed by atoms with Crippen LogP contribution in [-0.4, -0.2) is 19.5 Å². The zero-order chi connectivity index (χ0) is 10.6. The molecule has 14 heavy (non-hydrogen) atoms. The summed E-state index contributed by atoms with van der Waals surface area (Å²) in [6, 6.07) is 6.00. The van der Waals surface area contributed by atoms with Gasteiger partial charge in [0.1, 0.15) is 4.90 Å². The van der Waals surface area contributed by atoms with Crippen LogP contribution in [0.2, 0.25) is 0 Å². The molecule has 0 saturated heterocycles. The lowest BCUT2D eigenvalue weighted by molar-refractivity contribution is 0.483. The number of nitrogens with zero attached hydrogens (tertiary/aromatic N) is 1. The topological polar surface area (TPSA) is 68.5 Å². The molecule has 0 amide bonds. The van der Waals surface area contributed by atoms with Gasteiger partial charge in [-0.15, -0.1) is 6.58 Å². The van der Waals surface area contributed by atoms with Gasteiger partial charge in [0.05, 0.1) is 12.2 Å². The summed E-state index contributed by atoms with van der Waals surface area (Å²) in [6.45, 7) is 3.77. The maximum absolute atomic E-state index is 10.9. The van der Waals surface area contributed by atoms with E-state index in [-0.39, 0.29) is 10.6 Å². The Morgan fingerprint density at radius 2 is 2.07 bits per heavy atom. The molecule has 4 nitrogen and oxygen atoms in total. The molecular formula is C9H10NO3S. The summed E-state index contributed by atoms with van der Waals surface area (Å²) in [5.41, 5.74) is 0.245. The van der Waals surface area contributed by atoms with Crippen LogP contribution >= 0.6 is 0 Å². The molecule has 0 bridgehead atoms. The highest BCUT2D eigenvalue weighted by molar-refractivity contribution is 7.86. The molecule has 0 aromatic heterocycles. The quantitative estimate of drug-likeness (QED) is 0.605. The van der Waals surface area contributed by atoms with E-state index in [1.165, 1.54) is 18.2 Å². The van der Waals surface area contributed by atoms with Gasteiger partial charge in [-0.2, -0.15) is 8.42 Å². The fraction of sp³-hybridized carbons (Fsp3) is 0.111. The SMILES string of the molecule is C=CC[N]c1ccccc1S(=O)(=O)O. The zero-order valence-corrected chi connectivity index (χ0v) is 8.24. The minimum absolute atomic E-state index is 0.179.